The average Bonchev–Trinajstić information content (AvgIpc) is 2.55. The van der Waals surface area contributed by atoms with Crippen molar-refractivity contribution in [3.05, 3.63) is 30.6 Å². The highest BCUT2D eigenvalue weighted by molar-refractivity contribution is 5.29. The zero-order valence-corrected chi connectivity index (χ0v) is 12.0. The number of nitrogens with zero attached hydrogens (tertiary/aromatic N) is 3. The first-order valence-corrected chi connectivity index (χ1v) is 7.82. The van der Waals surface area contributed by atoms with Crippen LogP contribution in [0, 0.1) is 5.92 Å². The van der Waals surface area contributed by atoms with Gasteiger partial charge in [-0.05, 0) is 50.6 Å². The van der Waals surface area contributed by atoms with Crippen LogP contribution in [-0.2, 0) is 0 Å². The minimum atomic E-state index is 0.582. The SMILES string of the molecule is C1=CCC(CNC2CCCN(c3ncccn3)C2)CC1. The van der Waals surface area contributed by atoms with Crippen LogP contribution >= 0.6 is 0 Å². The molecular weight excluding hydrogens is 248 g/mol. The molecule has 20 heavy (non-hydrogen) atoms. The fourth-order valence-corrected chi connectivity index (χ4v) is 3.15. The van der Waals surface area contributed by atoms with Crippen molar-refractivity contribution in [3.63, 3.8) is 0 Å². The number of hydrogen-bond acceptors (Lipinski definition) is 4. The molecule has 4 heteroatoms. The van der Waals surface area contributed by atoms with Crippen LogP contribution in [0.2, 0.25) is 0 Å². The van der Waals surface area contributed by atoms with Gasteiger partial charge in [0, 0.05) is 31.5 Å². The predicted molar refractivity (Wildman–Crippen MR) is 81.8 cm³/mol. The first kappa shape index (κ1) is 13.6. The normalized spacial score (nSPS) is 26.7. The lowest BCUT2D eigenvalue weighted by Crippen LogP contribution is -2.47. The lowest BCUT2D eigenvalue weighted by Gasteiger charge is -2.34. The Hall–Kier alpha value is -1.42. The smallest absolute Gasteiger partial charge is 0.225 e. The van der Waals surface area contributed by atoms with Crippen molar-refractivity contribution >= 4 is 5.95 Å². The second kappa shape index (κ2) is 6.84. The van der Waals surface area contributed by atoms with E-state index in [9.17, 15) is 0 Å². The van der Waals surface area contributed by atoms with E-state index in [-0.39, 0.29) is 0 Å². The molecule has 1 N–H and O–H groups in total. The average molecular weight is 272 g/mol. The molecule has 0 aromatic carbocycles. The molecule has 2 atom stereocenters. The molecule has 108 valence electrons. The molecule has 1 aliphatic carbocycles. The molecule has 1 aromatic rings. The van der Waals surface area contributed by atoms with Gasteiger partial charge in [0.25, 0.3) is 0 Å². The summed E-state index contributed by atoms with van der Waals surface area (Å²) >= 11 is 0. The van der Waals surface area contributed by atoms with Gasteiger partial charge in [-0.1, -0.05) is 12.2 Å². The van der Waals surface area contributed by atoms with Crippen molar-refractivity contribution in [1.29, 1.82) is 0 Å². The van der Waals surface area contributed by atoms with Gasteiger partial charge in [0.15, 0.2) is 0 Å². The number of nitrogens with one attached hydrogen (secondary N) is 1. The second-order valence-corrected chi connectivity index (χ2v) is 5.89. The summed E-state index contributed by atoms with van der Waals surface area (Å²) in [6, 6.07) is 2.46. The fraction of sp³-hybridized carbons (Fsp3) is 0.625. The standard InChI is InChI=1S/C16H24N4/c1-2-6-14(7-3-1)12-19-15-8-4-11-20(13-15)16-17-9-5-10-18-16/h1-2,5,9-10,14-15,19H,3-4,6-8,11-13H2. The first-order chi connectivity index (χ1) is 9.92. The van der Waals surface area contributed by atoms with Crippen molar-refractivity contribution in [2.75, 3.05) is 24.5 Å². The van der Waals surface area contributed by atoms with E-state index >= 15 is 0 Å². The molecule has 0 bridgehead atoms. The van der Waals surface area contributed by atoms with Gasteiger partial charge >= 0.3 is 0 Å². The van der Waals surface area contributed by atoms with E-state index < -0.39 is 0 Å². The number of rotatable bonds is 4. The molecule has 4 nitrogen and oxygen atoms in total. The Labute approximate surface area is 121 Å². The highest BCUT2D eigenvalue weighted by Crippen LogP contribution is 2.19. The lowest BCUT2D eigenvalue weighted by atomic mass is 9.94. The van der Waals surface area contributed by atoms with E-state index in [1.165, 1.54) is 32.1 Å². The number of aromatic nitrogens is 2. The molecule has 2 heterocycles. The molecule has 1 fully saturated rings. The Kier molecular flexibility index (Phi) is 4.64. The van der Waals surface area contributed by atoms with Crippen LogP contribution in [0.25, 0.3) is 0 Å². The maximum atomic E-state index is 4.36. The Bertz CT molecular complexity index is 431. The summed E-state index contributed by atoms with van der Waals surface area (Å²) in [5.74, 6) is 1.70. The Morgan fingerprint density at radius 2 is 2.10 bits per heavy atom. The van der Waals surface area contributed by atoms with Crippen molar-refractivity contribution in [1.82, 2.24) is 15.3 Å². The third kappa shape index (κ3) is 3.57. The molecule has 0 spiro atoms. The topological polar surface area (TPSA) is 41.0 Å². The summed E-state index contributed by atoms with van der Waals surface area (Å²) in [6.45, 7) is 3.26. The Balaban J connectivity index is 1.49. The molecule has 2 unspecified atom stereocenters. The zero-order valence-electron chi connectivity index (χ0n) is 12.0. The fourth-order valence-electron chi connectivity index (χ4n) is 3.15. The van der Waals surface area contributed by atoms with Gasteiger partial charge in [-0.15, -0.1) is 0 Å². The molecule has 1 saturated heterocycles. The van der Waals surface area contributed by atoms with E-state index in [1.807, 2.05) is 18.5 Å². The summed E-state index contributed by atoms with van der Waals surface area (Å²) in [5, 5.41) is 3.76. The van der Waals surface area contributed by atoms with E-state index in [0.29, 0.717) is 6.04 Å². The molecule has 0 radical (unpaired) electrons. The quantitative estimate of drug-likeness (QED) is 0.855. The van der Waals surface area contributed by atoms with Crippen LogP contribution in [0.15, 0.2) is 30.6 Å². The third-order valence-electron chi connectivity index (χ3n) is 4.33. The highest BCUT2D eigenvalue weighted by Gasteiger charge is 2.22. The van der Waals surface area contributed by atoms with Crippen LogP contribution in [0.1, 0.15) is 32.1 Å². The van der Waals surface area contributed by atoms with Crippen LogP contribution in [0.5, 0.6) is 0 Å². The second-order valence-electron chi connectivity index (χ2n) is 5.89. The van der Waals surface area contributed by atoms with Crippen molar-refractivity contribution in [3.8, 4) is 0 Å². The van der Waals surface area contributed by atoms with Crippen LogP contribution in [0.3, 0.4) is 0 Å². The number of allylic oxidation sites excluding steroid dienone is 2. The zero-order chi connectivity index (χ0) is 13.6. The summed E-state index contributed by atoms with van der Waals surface area (Å²) in [6.07, 6.45) is 14.6. The lowest BCUT2D eigenvalue weighted by molar-refractivity contribution is 0.365. The van der Waals surface area contributed by atoms with Crippen LogP contribution < -0.4 is 10.2 Å². The number of piperidine rings is 1. The first-order valence-electron chi connectivity index (χ1n) is 7.82. The molecule has 0 saturated carbocycles. The number of hydrogen-bond donors (Lipinski definition) is 1. The van der Waals surface area contributed by atoms with Gasteiger partial charge in [-0.25, -0.2) is 9.97 Å². The van der Waals surface area contributed by atoms with Crippen molar-refractivity contribution in [2.24, 2.45) is 5.92 Å². The predicted octanol–water partition coefficient (Wildman–Crippen LogP) is 2.39. The maximum absolute atomic E-state index is 4.36. The van der Waals surface area contributed by atoms with Gasteiger partial charge in [-0.2, -0.15) is 0 Å². The van der Waals surface area contributed by atoms with Gasteiger partial charge in [-0.3, -0.25) is 0 Å². The highest BCUT2D eigenvalue weighted by atomic mass is 15.3. The Morgan fingerprint density at radius 1 is 1.20 bits per heavy atom. The summed E-state index contributed by atoms with van der Waals surface area (Å²) in [4.78, 5) is 11.0. The number of anilines is 1. The van der Waals surface area contributed by atoms with Crippen molar-refractivity contribution in [2.45, 2.75) is 38.1 Å². The van der Waals surface area contributed by atoms with E-state index in [0.717, 1.165) is 31.5 Å². The summed E-state index contributed by atoms with van der Waals surface area (Å²) in [5.41, 5.74) is 0. The van der Waals surface area contributed by atoms with Gasteiger partial charge in [0.05, 0.1) is 0 Å². The van der Waals surface area contributed by atoms with Crippen LogP contribution in [0.4, 0.5) is 5.95 Å². The van der Waals surface area contributed by atoms with Crippen molar-refractivity contribution < 1.29 is 0 Å². The molecule has 1 aliphatic heterocycles. The molecule has 1 aromatic heterocycles. The maximum Gasteiger partial charge on any atom is 0.225 e. The van der Waals surface area contributed by atoms with E-state index in [2.05, 4.69) is 32.3 Å². The van der Waals surface area contributed by atoms with E-state index in [4.69, 9.17) is 0 Å². The van der Waals surface area contributed by atoms with Gasteiger partial charge in [0.2, 0.25) is 5.95 Å². The van der Waals surface area contributed by atoms with Gasteiger partial charge < -0.3 is 10.2 Å². The molecular formula is C16H24N4. The Morgan fingerprint density at radius 3 is 2.90 bits per heavy atom. The molecule has 3 rings (SSSR count). The van der Waals surface area contributed by atoms with E-state index in [1.54, 1.807) is 0 Å². The largest absolute Gasteiger partial charge is 0.339 e. The van der Waals surface area contributed by atoms with Crippen LogP contribution in [-0.4, -0.2) is 35.6 Å². The third-order valence-corrected chi connectivity index (χ3v) is 4.33. The monoisotopic (exact) mass is 272 g/mol. The minimum absolute atomic E-state index is 0.582. The summed E-state index contributed by atoms with van der Waals surface area (Å²) < 4.78 is 0. The minimum Gasteiger partial charge on any atom is -0.339 e. The van der Waals surface area contributed by atoms with Gasteiger partial charge in [0.1, 0.15) is 0 Å². The molecule has 2 aliphatic rings. The molecule has 0 amide bonds. The summed E-state index contributed by atoms with van der Waals surface area (Å²) in [7, 11) is 0.